The summed E-state index contributed by atoms with van der Waals surface area (Å²) in [5, 5.41) is 0. The van der Waals surface area contributed by atoms with Crippen molar-refractivity contribution in [2.75, 3.05) is 0 Å². The molecule has 2 rings (SSSR count). The Hall–Kier alpha value is -1.07. The van der Waals surface area contributed by atoms with E-state index in [4.69, 9.17) is 0 Å². The average Bonchev–Trinajstić information content (AvgIpc) is 2.39. The van der Waals surface area contributed by atoms with Crippen LogP contribution in [0.5, 0.6) is 0 Å². The molecule has 0 fully saturated rings. The van der Waals surface area contributed by atoms with Gasteiger partial charge in [-0.15, -0.1) is 0 Å². The zero-order valence-electron chi connectivity index (χ0n) is 9.24. The Bertz CT molecular complexity index is 516. The summed E-state index contributed by atoms with van der Waals surface area (Å²) in [4.78, 5) is 14.6. The maximum Gasteiger partial charge on any atom is 0.201 e. The molecule has 5 heteroatoms. The number of halogens is 3. The number of Topliss-reactive ketones (excluding diaryl/α,β-unsaturated/α-hetero) is 1. The molecule has 1 heterocycles. The maximum atomic E-state index is 12.7. The van der Waals surface area contributed by atoms with Gasteiger partial charge in [-0.3, -0.25) is 4.79 Å². The summed E-state index contributed by atoms with van der Waals surface area (Å²) >= 11 is 3.33. The minimum atomic E-state index is -0.450. The van der Waals surface area contributed by atoms with E-state index in [1.165, 1.54) is 24.3 Å². The number of nitrogens with one attached hydrogen (secondary N) is 1. The lowest BCUT2D eigenvalue weighted by Gasteiger charge is -2.04. The molecule has 0 saturated carbocycles. The van der Waals surface area contributed by atoms with Crippen LogP contribution < -0.4 is 22.0 Å². The monoisotopic (exact) mass is 373 g/mol. The Balaban J connectivity index is 0.00000162. The van der Waals surface area contributed by atoms with Gasteiger partial charge in [-0.1, -0.05) is 22.0 Å². The summed E-state index contributed by atoms with van der Waals surface area (Å²) in [7, 11) is 0. The van der Waals surface area contributed by atoms with Crippen molar-refractivity contribution >= 4 is 21.7 Å². The van der Waals surface area contributed by atoms with Crippen LogP contribution in [-0.4, -0.2) is 5.78 Å². The quantitative estimate of drug-likeness (QED) is 0.548. The van der Waals surface area contributed by atoms with Crippen molar-refractivity contribution in [2.24, 2.45) is 0 Å². The third kappa shape index (κ3) is 3.46. The highest BCUT2D eigenvalue weighted by Crippen LogP contribution is 2.23. The van der Waals surface area contributed by atoms with Crippen molar-refractivity contribution in [3.05, 3.63) is 65.7 Å². The molecule has 0 spiro atoms. The molecule has 2 aromatic rings. The number of aromatic nitrogens is 1. The Morgan fingerprint density at radius 1 is 1.17 bits per heavy atom. The zero-order chi connectivity index (χ0) is 12.3. The summed E-state index contributed by atoms with van der Waals surface area (Å²) in [5.74, 6) is -0.452. The second-order valence-corrected chi connectivity index (χ2v) is 4.47. The average molecular weight is 375 g/mol. The van der Waals surface area contributed by atoms with E-state index < -0.39 is 4.83 Å². The number of H-pyrrole nitrogens is 1. The van der Waals surface area contributed by atoms with Crippen LogP contribution in [0.4, 0.5) is 4.39 Å². The number of carbonyl (C=O) groups excluding carboxylic acids is 1. The topological polar surface area (TPSA) is 31.2 Å². The van der Waals surface area contributed by atoms with Crippen molar-refractivity contribution in [1.82, 2.24) is 0 Å². The largest absolute Gasteiger partial charge is 1.00 e. The number of rotatable bonds is 3. The molecule has 2 nitrogen and oxygen atoms in total. The number of carbonyl (C=O) groups is 1. The predicted octanol–water partition coefficient (Wildman–Crippen LogP) is -0.0373. The Labute approximate surface area is 123 Å². The van der Waals surface area contributed by atoms with Crippen LogP contribution in [-0.2, 0) is 0 Å². The Morgan fingerprint density at radius 3 is 2.39 bits per heavy atom. The van der Waals surface area contributed by atoms with Crippen molar-refractivity contribution < 1.29 is 31.2 Å². The van der Waals surface area contributed by atoms with E-state index in [2.05, 4.69) is 20.9 Å². The SMILES string of the molecule is O=C(c1ccc(F)cc1)[C@@H](Br)c1cccc[nH+]1.[Br-]. The molecule has 0 aliphatic rings. The van der Waals surface area contributed by atoms with Gasteiger partial charge in [0, 0.05) is 17.7 Å². The first-order valence-corrected chi connectivity index (χ1v) is 6.00. The molecule has 1 atom stereocenters. The van der Waals surface area contributed by atoms with Gasteiger partial charge in [-0.2, -0.15) is 0 Å². The van der Waals surface area contributed by atoms with Gasteiger partial charge in [0.2, 0.25) is 5.69 Å². The lowest BCUT2D eigenvalue weighted by Crippen LogP contribution is -3.00. The molecule has 0 aliphatic heterocycles. The van der Waals surface area contributed by atoms with Crippen LogP contribution in [0.3, 0.4) is 0 Å². The zero-order valence-corrected chi connectivity index (χ0v) is 12.4. The van der Waals surface area contributed by atoms with Crippen LogP contribution in [0, 0.1) is 5.82 Å². The first-order chi connectivity index (χ1) is 8.18. The van der Waals surface area contributed by atoms with Gasteiger partial charge < -0.3 is 17.0 Å². The fourth-order valence-electron chi connectivity index (χ4n) is 1.47. The van der Waals surface area contributed by atoms with Gasteiger partial charge in [0.25, 0.3) is 0 Å². The van der Waals surface area contributed by atoms with E-state index in [0.717, 1.165) is 5.69 Å². The second kappa shape index (κ2) is 6.75. The molecule has 94 valence electrons. The van der Waals surface area contributed by atoms with Crippen LogP contribution in [0.1, 0.15) is 20.9 Å². The second-order valence-electron chi connectivity index (χ2n) is 3.55. The first kappa shape index (κ1) is 15.0. The molecule has 0 radical (unpaired) electrons. The van der Waals surface area contributed by atoms with Gasteiger partial charge in [0.15, 0.2) is 16.8 Å². The number of pyridine rings is 1. The molecule has 0 saturated heterocycles. The lowest BCUT2D eigenvalue weighted by molar-refractivity contribution is -0.389. The van der Waals surface area contributed by atoms with Gasteiger partial charge >= 0.3 is 0 Å². The van der Waals surface area contributed by atoms with E-state index in [0.29, 0.717) is 5.56 Å². The molecular formula is C13H10Br2FNO. The smallest absolute Gasteiger partial charge is 0.201 e. The molecule has 0 bridgehead atoms. The highest BCUT2D eigenvalue weighted by atomic mass is 79.9. The minimum absolute atomic E-state index is 0. The fourth-order valence-corrected chi connectivity index (χ4v) is 2.02. The van der Waals surface area contributed by atoms with E-state index >= 15 is 0 Å². The highest BCUT2D eigenvalue weighted by Gasteiger charge is 2.23. The Kier molecular flexibility index (Phi) is 5.62. The van der Waals surface area contributed by atoms with Crippen LogP contribution in [0.25, 0.3) is 0 Å². The number of benzene rings is 1. The molecule has 1 aromatic carbocycles. The molecular weight excluding hydrogens is 365 g/mol. The van der Waals surface area contributed by atoms with E-state index in [-0.39, 0.29) is 28.6 Å². The highest BCUT2D eigenvalue weighted by molar-refractivity contribution is 9.09. The van der Waals surface area contributed by atoms with Crippen molar-refractivity contribution in [2.45, 2.75) is 4.83 Å². The third-order valence-electron chi connectivity index (χ3n) is 2.37. The van der Waals surface area contributed by atoms with Gasteiger partial charge in [0.1, 0.15) is 5.82 Å². The van der Waals surface area contributed by atoms with E-state index in [9.17, 15) is 9.18 Å². The summed E-state index contributed by atoms with van der Waals surface area (Å²) in [6, 6.07) is 11.0. The standard InChI is InChI=1S/C13H9BrFNO.BrH/c14-12(11-3-1-2-8-16-11)13(17)9-4-6-10(15)7-5-9;/h1-8,12H;1H/t12-;/m0./s1. The number of ketones is 1. The molecule has 0 amide bonds. The van der Waals surface area contributed by atoms with Gasteiger partial charge in [-0.05, 0) is 24.3 Å². The Morgan fingerprint density at radius 2 is 1.83 bits per heavy atom. The molecule has 1 aromatic heterocycles. The maximum absolute atomic E-state index is 12.7. The van der Waals surface area contributed by atoms with Gasteiger partial charge in [-0.25, -0.2) is 9.37 Å². The minimum Gasteiger partial charge on any atom is -1.00 e. The first-order valence-electron chi connectivity index (χ1n) is 5.09. The number of aromatic amines is 1. The van der Waals surface area contributed by atoms with Gasteiger partial charge in [0.05, 0.1) is 0 Å². The fraction of sp³-hybridized carbons (Fsp3) is 0.0769. The number of alkyl halides is 1. The summed E-state index contributed by atoms with van der Waals surface area (Å²) in [5.41, 5.74) is 1.24. The van der Waals surface area contributed by atoms with Crippen molar-refractivity contribution in [3.8, 4) is 0 Å². The van der Waals surface area contributed by atoms with E-state index in [1.54, 1.807) is 6.20 Å². The summed E-state index contributed by atoms with van der Waals surface area (Å²) < 4.78 is 12.7. The van der Waals surface area contributed by atoms with Crippen LogP contribution in [0.2, 0.25) is 0 Å². The molecule has 0 aliphatic carbocycles. The lowest BCUT2D eigenvalue weighted by atomic mass is 10.1. The molecule has 1 N–H and O–H groups in total. The predicted molar refractivity (Wildman–Crippen MR) is 65.4 cm³/mol. The van der Waals surface area contributed by atoms with Crippen molar-refractivity contribution in [3.63, 3.8) is 0 Å². The number of hydrogen-bond acceptors (Lipinski definition) is 1. The molecule has 18 heavy (non-hydrogen) atoms. The van der Waals surface area contributed by atoms with E-state index in [1.807, 2.05) is 18.2 Å². The number of hydrogen-bond donors (Lipinski definition) is 0. The van der Waals surface area contributed by atoms with Crippen LogP contribution in [0.15, 0.2) is 48.7 Å². The third-order valence-corrected chi connectivity index (χ3v) is 3.27. The van der Waals surface area contributed by atoms with Crippen molar-refractivity contribution in [1.29, 1.82) is 0 Å². The van der Waals surface area contributed by atoms with Crippen LogP contribution >= 0.6 is 15.9 Å². The molecule has 0 unspecified atom stereocenters. The summed E-state index contributed by atoms with van der Waals surface area (Å²) in [6.07, 6.45) is 1.75. The summed E-state index contributed by atoms with van der Waals surface area (Å²) in [6.45, 7) is 0. The normalized spacial score (nSPS) is 11.4.